The summed E-state index contributed by atoms with van der Waals surface area (Å²) in [5, 5.41) is -0.661. The van der Waals surface area contributed by atoms with E-state index in [9.17, 15) is 12.8 Å². The lowest BCUT2D eigenvalue weighted by molar-refractivity contribution is 0.398. The Kier molecular flexibility index (Phi) is 3.61. The number of nitrogens with one attached hydrogen (secondary N) is 1. The van der Waals surface area contributed by atoms with Crippen molar-refractivity contribution in [2.45, 2.75) is 5.03 Å². The van der Waals surface area contributed by atoms with Gasteiger partial charge >= 0.3 is 0 Å². The maximum Gasteiger partial charge on any atom is 0.282 e. The van der Waals surface area contributed by atoms with Crippen LogP contribution in [-0.2, 0) is 10.0 Å². The van der Waals surface area contributed by atoms with Crippen LogP contribution in [0.2, 0.25) is 0 Å². The summed E-state index contributed by atoms with van der Waals surface area (Å²) in [6.45, 7) is 0. The zero-order valence-corrected chi connectivity index (χ0v) is 10.7. The van der Waals surface area contributed by atoms with Crippen LogP contribution in [-0.4, -0.2) is 25.5 Å². The molecule has 0 bridgehead atoms. The van der Waals surface area contributed by atoms with Crippen LogP contribution in [0.1, 0.15) is 0 Å². The number of hydrogen-bond acceptors (Lipinski definition) is 5. The molecular formula is C11H10FN3O3S. The van der Waals surface area contributed by atoms with Crippen molar-refractivity contribution in [3.63, 3.8) is 0 Å². The van der Waals surface area contributed by atoms with E-state index in [4.69, 9.17) is 4.74 Å². The van der Waals surface area contributed by atoms with E-state index in [1.165, 1.54) is 37.7 Å². The van der Waals surface area contributed by atoms with E-state index in [-0.39, 0.29) is 5.69 Å². The normalized spacial score (nSPS) is 11.1. The van der Waals surface area contributed by atoms with Crippen molar-refractivity contribution in [1.82, 2.24) is 9.97 Å². The molecule has 0 aliphatic heterocycles. The minimum absolute atomic E-state index is 0.186. The fourth-order valence-corrected chi connectivity index (χ4v) is 2.39. The van der Waals surface area contributed by atoms with Gasteiger partial charge in [0.2, 0.25) is 10.9 Å². The van der Waals surface area contributed by atoms with Gasteiger partial charge in [-0.05, 0) is 18.2 Å². The molecular weight excluding hydrogens is 273 g/mol. The Bertz CT molecular complexity index is 674. The number of halogens is 1. The average molecular weight is 283 g/mol. The highest BCUT2D eigenvalue weighted by Gasteiger charge is 2.20. The third kappa shape index (κ3) is 2.97. The van der Waals surface area contributed by atoms with Crippen LogP contribution in [0.15, 0.2) is 41.7 Å². The molecule has 0 spiro atoms. The van der Waals surface area contributed by atoms with Gasteiger partial charge in [-0.2, -0.15) is 8.42 Å². The van der Waals surface area contributed by atoms with Gasteiger partial charge in [-0.15, -0.1) is 0 Å². The van der Waals surface area contributed by atoms with Gasteiger partial charge in [-0.3, -0.25) is 4.72 Å². The molecule has 19 heavy (non-hydrogen) atoms. The fourth-order valence-electron chi connectivity index (χ4n) is 1.33. The number of sulfonamides is 1. The van der Waals surface area contributed by atoms with Crippen molar-refractivity contribution in [3.05, 3.63) is 42.5 Å². The molecule has 0 unspecified atom stereocenters. The number of anilines is 1. The molecule has 0 fully saturated rings. The first-order valence-electron chi connectivity index (χ1n) is 5.16. The van der Waals surface area contributed by atoms with Gasteiger partial charge in [-0.25, -0.2) is 14.4 Å². The average Bonchev–Trinajstić information content (AvgIpc) is 2.39. The van der Waals surface area contributed by atoms with E-state index in [1.807, 2.05) is 0 Å². The van der Waals surface area contributed by atoms with Crippen molar-refractivity contribution < 1.29 is 17.5 Å². The molecule has 2 heterocycles. The number of pyridine rings is 2. The molecule has 0 saturated carbocycles. The molecule has 0 saturated heterocycles. The molecule has 8 heteroatoms. The standard InChI is InChI=1S/C11H10FN3O3S/c1-18-10-5-4-8(7-14-10)15-19(16,17)11-9(12)3-2-6-13-11/h2-7,15H,1H3. The van der Waals surface area contributed by atoms with Crippen LogP contribution >= 0.6 is 0 Å². The fraction of sp³-hybridized carbons (Fsp3) is 0.0909. The first kappa shape index (κ1) is 13.2. The Balaban J connectivity index is 2.28. The van der Waals surface area contributed by atoms with Crippen LogP contribution in [0.3, 0.4) is 0 Å². The summed E-state index contributed by atoms with van der Waals surface area (Å²) in [5.74, 6) is -0.580. The summed E-state index contributed by atoms with van der Waals surface area (Å²) in [7, 11) is -2.64. The summed E-state index contributed by atoms with van der Waals surface area (Å²) in [6.07, 6.45) is 2.46. The lowest BCUT2D eigenvalue weighted by Gasteiger charge is -2.07. The molecule has 100 valence electrons. The Labute approximate surface area is 109 Å². The zero-order valence-electron chi connectivity index (χ0n) is 9.87. The van der Waals surface area contributed by atoms with Gasteiger partial charge < -0.3 is 4.74 Å². The van der Waals surface area contributed by atoms with Gasteiger partial charge in [0.15, 0.2) is 5.82 Å². The lowest BCUT2D eigenvalue weighted by Crippen LogP contribution is -2.16. The lowest BCUT2D eigenvalue weighted by atomic mass is 10.4. The maximum absolute atomic E-state index is 13.4. The first-order chi connectivity index (χ1) is 9.03. The summed E-state index contributed by atoms with van der Waals surface area (Å²) < 4.78 is 44.2. The van der Waals surface area contributed by atoms with Gasteiger partial charge in [-0.1, -0.05) is 0 Å². The van der Waals surface area contributed by atoms with Crippen molar-refractivity contribution >= 4 is 15.7 Å². The van der Waals surface area contributed by atoms with E-state index in [0.717, 1.165) is 6.07 Å². The first-order valence-corrected chi connectivity index (χ1v) is 6.64. The highest BCUT2D eigenvalue weighted by atomic mass is 32.2. The van der Waals surface area contributed by atoms with Crippen LogP contribution in [0.4, 0.5) is 10.1 Å². The number of methoxy groups -OCH3 is 1. The summed E-state index contributed by atoms with van der Waals surface area (Å²) in [5.41, 5.74) is 0.186. The van der Waals surface area contributed by atoms with Gasteiger partial charge in [0.05, 0.1) is 19.0 Å². The third-order valence-electron chi connectivity index (χ3n) is 2.18. The van der Waals surface area contributed by atoms with Crippen molar-refractivity contribution in [2.24, 2.45) is 0 Å². The van der Waals surface area contributed by atoms with E-state index < -0.39 is 20.9 Å². The predicted octanol–water partition coefficient (Wildman–Crippen LogP) is 1.43. The summed E-state index contributed by atoms with van der Waals surface area (Å²) in [6, 6.07) is 5.26. The number of rotatable bonds is 4. The molecule has 2 rings (SSSR count). The smallest absolute Gasteiger partial charge is 0.282 e. The number of hydrogen-bond donors (Lipinski definition) is 1. The molecule has 1 N–H and O–H groups in total. The third-order valence-corrected chi connectivity index (χ3v) is 3.49. The van der Waals surface area contributed by atoms with Crippen LogP contribution in [0.25, 0.3) is 0 Å². The molecule has 6 nitrogen and oxygen atoms in total. The Hall–Kier alpha value is -2.22. The van der Waals surface area contributed by atoms with E-state index in [0.29, 0.717) is 5.88 Å². The van der Waals surface area contributed by atoms with Gasteiger partial charge in [0, 0.05) is 12.3 Å². The second-order valence-electron chi connectivity index (χ2n) is 3.49. The summed E-state index contributed by atoms with van der Waals surface area (Å²) >= 11 is 0. The zero-order chi connectivity index (χ0) is 13.9. The quantitative estimate of drug-likeness (QED) is 0.918. The Morgan fingerprint density at radius 1 is 1.26 bits per heavy atom. The molecule has 0 aliphatic rings. The number of nitrogens with zero attached hydrogens (tertiary/aromatic N) is 2. The SMILES string of the molecule is COc1ccc(NS(=O)(=O)c2ncccc2F)cn1. The second kappa shape index (κ2) is 5.19. The predicted molar refractivity (Wildman–Crippen MR) is 65.8 cm³/mol. The van der Waals surface area contributed by atoms with Crippen molar-refractivity contribution in [1.29, 1.82) is 0 Å². The molecule has 0 radical (unpaired) electrons. The highest BCUT2D eigenvalue weighted by Crippen LogP contribution is 2.17. The van der Waals surface area contributed by atoms with Crippen molar-refractivity contribution in [3.8, 4) is 5.88 Å². The second-order valence-corrected chi connectivity index (χ2v) is 5.08. The van der Waals surface area contributed by atoms with Crippen LogP contribution < -0.4 is 9.46 Å². The Morgan fingerprint density at radius 3 is 2.63 bits per heavy atom. The number of ether oxygens (including phenoxy) is 1. The molecule has 2 aromatic heterocycles. The monoisotopic (exact) mass is 283 g/mol. The number of aromatic nitrogens is 2. The van der Waals surface area contributed by atoms with Crippen molar-refractivity contribution in [2.75, 3.05) is 11.8 Å². The van der Waals surface area contributed by atoms with Crippen LogP contribution in [0, 0.1) is 5.82 Å². The van der Waals surface area contributed by atoms with E-state index >= 15 is 0 Å². The van der Waals surface area contributed by atoms with Gasteiger partial charge in [0.1, 0.15) is 0 Å². The Morgan fingerprint density at radius 2 is 2.05 bits per heavy atom. The maximum atomic E-state index is 13.4. The van der Waals surface area contributed by atoms with Crippen LogP contribution in [0.5, 0.6) is 5.88 Å². The highest BCUT2D eigenvalue weighted by molar-refractivity contribution is 7.92. The van der Waals surface area contributed by atoms with Gasteiger partial charge in [0.25, 0.3) is 10.0 Å². The molecule has 2 aromatic rings. The topological polar surface area (TPSA) is 81.2 Å². The largest absolute Gasteiger partial charge is 0.481 e. The molecule has 0 aromatic carbocycles. The molecule has 0 atom stereocenters. The van der Waals surface area contributed by atoms with E-state index in [1.54, 1.807) is 0 Å². The molecule has 0 aliphatic carbocycles. The van der Waals surface area contributed by atoms with E-state index in [2.05, 4.69) is 14.7 Å². The summed E-state index contributed by atoms with van der Waals surface area (Å²) in [4.78, 5) is 7.34. The minimum Gasteiger partial charge on any atom is -0.481 e. The minimum atomic E-state index is -4.08. The molecule has 0 amide bonds.